The molecule has 2 aliphatic rings. The zero-order chi connectivity index (χ0) is 16.4. The second-order valence-corrected chi connectivity index (χ2v) is 6.77. The van der Waals surface area contributed by atoms with Gasteiger partial charge in [0.15, 0.2) is 0 Å². The average Bonchev–Trinajstić information content (AvgIpc) is 2.84. The molecule has 1 aromatic carbocycles. The van der Waals surface area contributed by atoms with E-state index in [0.717, 1.165) is 18.4 Å². The molecule has 2 saturated heterocycles. The van der Waals surface area contributed by atoms with E-state index in [2.05, 4.69) is 10.6 Å². The monoisotopic (exact) mass is 353 g/mol. The van der Waals surface area contributed by atoms with E-state index in [4.69, 9.17) is 0 Å². The van der Waals surface area contributed by atoms with Gasteiger partial charge in [0.05, 0.1) is 4.92 Å². The predicted molar refractivity (Wildman–Crippen MR) is 94.2 cm³/mol. The molecule has 0 spiro atoms. The largest absolute Gasteiger partial charge is 0.352 e. The van der Waals surface area contributed by atoms with Crippen LogP contribution in [-0.2, 0) is 11.3 Å². The fraction of sp³-hybridized carbons (Fsp3) is 0.588. The van der Waals surface area contributed by atoms with Crippen molar-refractivity contribution in [3.63, 3.8) is 0 Å². The minimum atomic E-state index is -0.383. The number of rotatable bonds is 5. The molecule has 132 valence electrons. The van der Waals surface area contributed by atoms with Gasteiger partial charge in [-0.05, 0) is 44.1 Å². The maximum atomic E-state index is 12.2. The van der Waals surface area contributed by atoms with E-state index in [9.17, 15) is 14.9 Å². The van der Waals surface area contributed by atoms with Crippen LogP contribution in [0, 0.1) is 23.0 Å². The van der Waals surface area contributed by atoms with E-state index in [1.807, 2.05) is 6.07 Å². The van der Waals surface area contributed by atoms with Gasteiger partial charge in [-0.1, -0.05) is 12.1 Å². The van der Waals surface area contributed by atoms with Crippen LogP contribution in [0.15, 0.2) is 18.2 Å². The molecular weight excluding hydrogens is 330 g/mol. The highest BCUT2D eigenvalue weighted by Gasteiger charge is 2.34. The molecular formula is C17H24ClN3O3. The highest BCUT2D eigenvalue weighted by atomic mass is 35.5. The SMILES string of the molecule is Cc1c(CNC(=O)CC2CC3CCC(C2)N3)cccc1[N+](=O)[O-].Cl. The first-order chi connectivity index (χ1) is 11.0. The number of nitrogens with zero attached hydrogens (tertiary/aromatic N) is 1. The van der Waals surface area contributed by atoms with Crippen LogP contribution in [0.4, 0.5) is 5.69 Å². The van der Waals surface area contributed by atoms with E-state index >= 15 is 0 Å². The lowest BCUT2D eigenvalue weighted by atomic mass is 9.89. The Morgan fingerprint density at radius 1 is 1.33 bits per heavy atom. The quantitative estimate of drug-likeness (QED) is 0.629. The van der Waals surface area contributed by atoms with Crippen LogP contribution in [0.3, 0.4) is 0 Å². The Hall–Kier alpha value is -1.66. The third-order valence-corrected chi connectivity index (χ3v) is 5.13. The van der Waals surface area contributed by atoms with E-state index in [1.54, 1.807) is 13.0 Å². The van der Waals surface area contributed by atoms with Crippen molar-refractivity contribution in [3.05, 3.63) is 39.4 Å². The van der Waals surface area contributed by atoms with Gasteiger partial charge in [0.1, 0.15) is 0 Å². The van der Waals surface area contributed by atoms with Crippen LogP contribution in [-0.4, -0.2) is 22.9 Å². The smallest absolute Gasteiger partial charge is 0.272 e. The predicted octanol–water partition coefficient (Wildman–Crippen LogP) is 2.86. The number of fused-ring (bicyclic) bond motifs is 2. The normalized spacial score (nSPS) is 25.0. The summed E-state index contributed by atoms with van der Waals surface area (Å²) < 4.78 is 0. The molecule has 2 N–H and O–H groups in total. The molecule has 24 heavy (non-hydrogen) atoms. The topological polar surface area (TPSA) is 84.3 Å². The van der Waals surface area contributed by atoms with Gasteiger partial charge in [-0.15, -0.1) is 12.4 Å². The Labute approximate surface area is 148 Å². The van der Waals surface area contributed by atoms with Crippen molar-refractivity contribution < 1.29 is 9.72 Å². The second-order valence-electron chi connectivity index (χ2n) is 6.77. The maximum Gasteiger partial charge on any atom is 0.272 e. The van der Waals surface area contributed by atoms with Crippen LogP contribution in [0.5, 0.6) is 0 Å². The first kappa shape index (κ1) is 18.7. The lowest BCUT2D eigenvalue weighted by Gasteiger charge is -2.28. The van der Waals surface area contributed by atoms with Crippen molar-refractivity contribution >= 4 is 24.0 Å². The molecule has 0 aliphatic carbocycles. The van der Waals surface area contributed by atoms with Crippen LogP contribution in [0.1, 0.15) is 43.2 Å². The molecule has 1 aromatic rings. The zero-order valence-electron chi connectivity index (χ0n) is 13.8. The lowest BCUT2D eigenvalue weighted by molar-refractivity contribution is -0.385. The van der Waals surface area contributed by atoms with Crippen LogP contribution in [0.2, 0.25) is 0 Å². The molecule has 3 rings (SSSR count). The summed E-state index contributed by atoms with van der Waals surface area (Å²) in [7, 11) is 0. The van der Waals surface area contributed by atoms with E-state index in [0.29, 0.717) is 36.5 Å². The molecule has 2 aliphatic heterocycles. The molecule has 2 atom stereocenters. The summed E-state index contributed by atoms with van der Waals surface area (Å²) in [6.45, 7) is 2.08. The van der Waals surface area contributed by atoms with Crippen molar-refractivity contribution in [2.75, 3.05) is 0 Å². The van der Waals surface area contributed by atoms with E-state index in [1.165, 1.54) is 18.9 Å². The van der Waals surface area contributed by atoms with Crippen LogP contribution in [0.25, 0.3) is 0 Å². The summed E-state index contributed by atoms with van der Waals surface area (Å²) in [6.07, 6.45) is 5.19. The highest BCUT2D eigenvalue weighted by molar-refractivity contribution is 5.85. The number of hydrogen-bond acceptors (Lipinski definition) is 4. The minimum absolute atomic E-state index is 0. The van der Waals surface area contributed by atoms with Gasteiger partial charge in [-0.2, -0.15) is 0 Å². The summed E-state index contributed by atoms with van der Waals surface area (Å²) in [4.78, 5) is 22.8. The molecule has 0 saturated carbocycles. The average molecular weight is 354 g/mol. The van der Waals surface area contributed by atoms with Crippen molar-refractivity contribution in [2.24, 2.45) is 5.92 Å². The van der Waals surface area contributed by atoms with E-state index < -0.39 is 0 Å². The number of piperidine rings is 1. The van der Waals surface area contributed by atoms with Gasteiger partial charge < -0.3 is 10.6 Å². The number of nitrogens with one attached hydrogen (secondary N) is 2. The molecule has 0 radical (unpaired) electrons. The molecule has 0 aromatic heterocycles. The summed E-state index contributed by atoms with van der Waals surface area (Å²) in [5, 5.41) is 17.5. The molecule has 2 unspecified atom stereocenters. The summed E-state index contributed by atoms with van der Waals surface area (Å²) >= 11 is 0. The zero-order valence-corrected chi connectivity index (χ0v) is 14.6. The van der Waals surface area contributed by atoms with Crippen LogP contribution < -0.4 is 10.6 Å². The number of amides is 1. The Kier molecular flexibility index (Phi) is 6.18. The summed E-state index contributed by atoms with van der Waals surface area (Å²) in [5.41, 5.74) is 1.53. The Morgan fingerprint density at radius 2 is 2.00 bits per heavy atom. The molecule has 1 amide bonds. The van der Waals surface area contributed by atoms with Crippen molar-refractivity contribution in [1.82, 2.24) is 10.6 Å². The van der Waals surface area contributed by atoms with Gasteiger partial charge in [0.25, 0.3) is 5.69 Å². The summed E-state index contributed by atoms with van der Waals surface area (Å²) in [6, 6.07) is 6.16. The van der Waals surface area contributed by atoms with Gasteiger partial charge in [-0.3, -0.25) is 14.9 Å². The molecule has 7 heteroatoms. The standard InChI is InChI=1S/C17H23N3O3.ClH/c1-11-13(3-2-4-16(11)20(22)23)10-18-17(21)9-12-7-14-5-6-15(8-12)19-14;/h2-4,12,14-15,19H,5-10H2,1H3,(H,18,21);1H. The minimum Gasteiger partial charge on any atom is -0.352 e. The number of halogens is 1. The third kappa shape index (κ3) is 4.24. The van der Waals surface area contributed by atoms with E-state index in [-0.39, 0.29) is 28.9 Å². The Bertz CT molecular complexity index is 611. The third-order valence-electron chi connectivity index (χ3n) is 5.13. The first-order valence-corrected chi connectivity index (χ1v) is 8.28. The Balaban J connectivity index is 0.00000208. The van der Waals surface area contributed by atoms with Crippen molar-refractivity contribution in [1.29, 1.82) is 0 Å². The van der Waals surface area contributed by atoms with Gasteiger partial charge in [0.2, 0.25) is 5.91 Å². The number of hydrogen-bond donors (Lipinski definition) is 2. The number of benzene rings is 1. The molecule has 2 bridgehead atoms. The number of nitro groups is 1. The second kappa shape index (κ2) is 7.94. The van der Waals surface area contributed by atoms with Crippen molar-refractivity contribution in [3.8, 4) is 0 Å². The Morgan fingerprint density at radius 3 is 2.62 bits per heavy atom. The number of carbonyl (C=O) groups is 1. The molecule has 2 heterocycles. The fourth-order valence-electron chi connectivity index (χ4n) is 3.93. The highest BCUT2D eigenvalue weighted by Crippen LogP contribution is 2.32. The number of nitro benzene ring substituents is 1. The summed E-state index contributed by atoms with van der Waals surface area (Å²) in [5.74, 6) is 0.502. The van der Waals surface area contributed by atoms with Gasteiger partial charge in [-0.25, -0.2) is 0 Å². The van der Waals surface area contributed by atoms with Crippen LogP contribution >= 0.6 is 12.4 Å². The fourth-order valence-corrected chi connectivity index (χ4v) is 3.93. The first-order valence-electron chi connectivity index (χ1n) is 8.28. The maximum absolute atomic E-state index is 12.2. The number of carbonyl (C=O) groups excluding carboxylic acids is 1. The van der Waals surface area contributed by atoms with Gasteiger partial charge >= 0.3 is 0 Å². The van der Waals surface area contributed by atoms with Crippen molar-refractivity contribution in [2.45, 2.75) is 57.7 Å². The van der Waals surface area contributed by atoms with Gasteiger partial charge in [0, 0.05) is 36.7 Å². The lowest BCUT2D eigenvalue weighted by Crippen LogP contribution is -2.39. The molecule has 2 fully saturated rings. The molecule has 6 nitrogen and oxygen atoms in total.